The summed E-state index contributed by atoms with van der Waals surface area (Å²) in [6.45, 7) is 0. The molecular formula is C5H10BNO2S. The first-order valence-corrected chi connectivity index (χ1v) is 4.72. The summed E-state index contributed by atoms with van der Waals surface area (Å²) in [7, 11) is 3.70. The number of rotatable bonds is 2. The summed E-state index contributed by atoms with van der Waals surface area (Å²) in [6.07, 6.45) is 2.07. The van der Waals surface area contributed by atoms with Gasteiger partial charge >= 0.3 is 0 Å². The lowest BCUT2D eigenvalue weighted by atomic mass is 9.70. The lowest BCUT2D eigenvalue weighted by molar-refractivity contribution is 0.432. The minimum absolute atomic E-state index is 0.580. The van der Waals surface area contributed by atoms with Gasteiger partial charge in [0, 0.05) is 4.65 Å². The summed E-state index contributed by atoms with van der Waals surface area (Å²) in [4.78, 5) is 0. The van der Waals surface area contributed by atoms with Gasteiger partial charge in [0.2, 0.25) is 10.0 Å². The third-order valence-electron chi connectivity index (χ3n) is 2.00. The van der Waals surface area contributed by atoms with Gasteiger partial charge < -0.3 is 0 Å². The molecule has 0 atom stereocenters. The van der Waals surface area contributed by atoms with Crippen molar-refractivity contribution in [2.24, 2.45) is 0 Å². The second-order valence-corrected chi connectivity index (χ2v) is 4.85. The zero-order valence-electron chi connectivity index (χ0n) is 5.92. The standard InChI is InChI=1S/C5H10BNO2S/c1-7-10(8,9)5(6)3-2-4-5/h7H,2-4H2,1H3. The summed E-state index contributed by atoms with van der Waals surface area (Å²) < 4.78 is 23.4. The van der Waals surface area contributed by atoms with Gasteiger partial charge in [-0.3, -0.25) is 0 Å². The SMILES string of the molecule is [B]C1(S(=O)(=O)NC)CCC1. The van der Waals surface area contributed by atoms with Crippen molar-refractivity contribution in [3.63, 3.8) is 0 Å². The average molecular weight is 159 g/mol. The predicted octanol–water partition coefficient (Wildman–Crippen LogP) is -0.416. The van der Waals surface area contributed by atoms with Crippen molar-refractivity contribution in [3.05, 3.63) is 0 Å². The van der Waals surface area contributed by atoms with E-state index in [1.807, 2.05) is 0 Å². The molecule has 0 aliphatic heterocycles. The van der Waals surface area contributed by atoms with E-state index < -0.39 is 14.7 Å². The van der Waals surface area contributed by atoms with Crippen LogP contribution in [0, 0.1) is 0 Å². The number of nitrogens with one attached hydrogen (secondary N) is 1. The summed E-state index contributed by atoms with van der Waals surface area (Å²) in [5.41, 5.74) is 0. The predicted molar refractivity (Wildman–Crippen MR) is 40.3 cm³/mol. The Bertz CT molecular complexity index is 220. The van der Waals surface area contributed by atoms with Crippen LogP contribution in [0.1, 0.15) is 19.3 Å². The smallest absolute Gasteiger partial charge is 0.208 e. The third-order valence-corrected chi connectivity index (χ3v) is 4.02. The molecule has 0 saturated heterocycles. The third kappa shape index (κ3) is 0.972. The van der Waals surface area contributed by atoms with Gasteiger partial charge in [-0.05, 0) is 19.9 Å². The quantitative estimate of drug-likeness (QED) is 0.556. The molecule has 1 rings (SSSR count). The topological polar surface area (TPSA) is 46.2 Å². The van der Waals surface area contributed by atoms with Crippen molar-refractivity contribution in [1.82, 2.24) is 4.72 Å². The molecule has 56 valence electrons. The van der Waals surface area contributed by atoms with Gasteiger partial charge in [0.05, 0.1) is 7.85 Å². The first-order valence-electron chi connectivity index (χ1n) is 3.24. The maximum absolute atomic E-state index is 11.1. The van der Waals surface area contributed by atoms with E-state index in [1.54, 1.807) is 0 Å². The van der Waals surface area contributed by atoms with Gasteiger partial charge in [0.25, 0.3) is 0 Å². The lowest BCUT2D eigenvalue weighted by Gasteiger charge is -2.37. The van der Waals surface area contributed by atoms with Gasteiger partial charge in [-0.25, -0.2) is 13.1 Å². The van der Waals surface area contributed by atoms with Crippen molar-refractivity contribution < 1.29 is 8.42 Å². The fourth-order valence-electron chi connectivity index (χ4n) is 0.997. The summed E-state index contributed by atoms with van der Waals surface area (Å²) >= 11 is 0. The molecule has 1 N–H and O–H groups in total. The lowest BCUT2D eigenvalue weighted by Crippen LogP contribution is -2.50. The van der Waals surface area contributed by atoms with Crippen LogP contribution in [0.4, 0.5) is 0 Å². The highest BCUT2D eigenvalue weighted by molar-refractivity contribution is 7.92. The van der Waals surface area contributed by atoms with Crippen molar-refractivity contribution in [2.45, 2.75) is 23.9 Å². The fourth-order valence-corrected chi connectivity index (χ4v) is 2.23. The van der Waals surface area contributed by atoms with E-state index in [9.17, 15) is 8.42 Å². The van der Waals surface area contributed by atoms with Gasteiger partial charge in [0.15, 0.2) is 0 Å². The average Bonchev–Trinajstić information content (AvgIpc) is 1.82. The maximum atomic E-state index is 11.1. The van der Waals surface area contributed by atoms with Gasteiger partial charge in [-0.15, -0.1) is 0 Å². The van der Waals surface area contributed by atoms with Gasteiger partial charge in [-0.2, -0.15) is 0 Å². The molecule has 1 fully saturated rings. The van der Waals surface area contributed by atoms with Crippen molar-refractivity contribution >= 4 is 17.9 Å². The molecule has 0 heterocycles. The Kier molecular flexibility index (Phi) is 1.81. The van der Waals surface area contributed by atoms with Crippen LogP contribution in [-0.2, 0) is 10.0 Å². The zero-order valence-corrected chi connectivity index (χ0v) is 6.74. The molecule has 1 aliphatic rings. The molecule has 0 bridgehead atoms. The van der Waals surface area contributed by atoms with E-state index in [2.05, 4.69) is 4.72 Å². The summed E-state index contributed by atoms with van der Waals surface area (Å²) in [5.74, 6) is 0. The van der Waals surface area contributed by atoms with Crippen molar-refractivity contribution in [1.29, 1.82) is 0 Å². The first-order chi connectivity index (χ1) is 4.52. The van der Waals surface area contributed by atoms with Crippen molar-refractivity contribution in [3.8, 4) is 0 Å². The molecule has 1 saturated carbocycles. The molecular weight excluding hydrogens is 149 g/mol. The Hall–Kier alpha value is -0.0251. The minimum atomic E-state index is -3.23. The largest absolute Gasteiger partial charge is 0.219 e. The van der Waals surface area contributed by atoms with Crippen LogP contribution in [0.2, 0.25) is 0 Å². The molecule has 5 heteroatoms. The summed E-state index contributed by atoms with van der Waals surface area (Å²) in [5, 5.41) is 0. The first kappa shape index (κ1) is 8.08. The Balaban J connectivity index is 2.82. The van der Waals surface area contributed by atoms with E-state index in [0.29, 0.717) is 12.8 Å². The van der Waals surface area contributed by atoms with E-state index in [4.69, 9.17) is 7.85 Å². The fraction of sp³-hybridized carbons (Fsp3) is 1.00. The highest BCUT2D eigenvalue weighted by Crippen LogP contribution is 2.35. The molecule has 3 nitrogen and oxygen atoms in total. The van der Waals surface area contributed by atoms with Crippen LogP contribution < -0.4 is 4.72 Å². The zero-order chi connectivity index (χ0) is 7.83. The number of hydrogen-bond acceptors (Lipinski definition) is 2. The number of sulfonamides is 1. The molecule has 0 amide bonds. The second kappa shape index (κ2) is 2.24. The maximum Gasteiger partial charge on any atom is 0.208 e. The highest BCUT2D eigenvalue weighted by Gasteiger charge is 2.42. The van der Waals surface area contributed by atoms with Gasteiger partial charge in [-0.1, -0.05) is 6.42 Å². The normalized spacial score (nSPS) is 23.7. The van der Waals surface area contributed by atoms with E-state index in [-0.39, 0.29) is 0 Å². The van der Waals surface area contributed by atoms with Crippen LogP contribution in [-0.4, -0.2) is 28.0 Å². The molecule has 0 spiro atoms. The molecule has 0 aromatic heterocycles. The Morgan fingerprint density at radius 3 is 2.10 bits per heavy atom. The van der Waals surface area contributed by atoms with Crippen LogP contribution in [0.15, 0.2) is 0 Å². The monoisotopic (exact) mass is 159 g/mol. The number of hydrogen-bond donors (Lipinski definition) is 1. The molecule has 0 aromatic rings. The van der Waals surface area contributed by atoms with E-state index in [1.165, 1.54) is 7.05 Å². The van der Waals surface area contributed by atoms with Crippen LogP contribution in [0.5, 0.6) is 0 Å². The molecule has 2 radical (unpaired) electrons. The van der Waals surface area contributed by atoms with Gasteiger partial charge in [0.1, 0.15) is 0 Å². The Morgan fingerprint density at radius 1 is 1.50 bits per heavy atom. The van der Waals surface area contributed by atoms with Crippen LogP contribution in [0.25, 0.3) is 0 Å². The van der Waals surface area contributed by atoms with Crippen LogP contribution >= 0.6 is 0 Å². The summed E-state index contributed by atoms with van der Waals surface area (Å²) in [6, 6.07) is 0. The Morgan fingerprint density at radius 2 is 2.00 bits per heavy atom. The van der Waals surface area contributed by atoms with Crippen LogP contribution in [0.3, 0.4) is 0 Å². The molecule has 1 aliphatic carbocycles. The second-order valence-electron chi connectivity index (χ2n) is 2.63. The highest BCUT2D eigenvalue weighted by atomic mass is 32.2. The van der Waals surface area contributed by atoms with Crippen molar-refractivity contribution in [2.75, 3.05) is 7.05 Å². The molecule has 10 heavy (non-hydrogen) atoms. The molecule has 0 aromatic carbocycles. The van der Waals surface area contributed by atoms with E-state index >= 15 is 0 Å². The molecule has 0 unspecified atom stereocenters. The van der Waals surface area contributed by atoms with E-state index in [0.717, 1.165) is 6.42 Å². The minimum Gasteiger partial charge on any atom is -0.219 e. The Labute approximate surface area is 62.7 Å².